The van der Waals surface area contributed by atoms with Gasteiger partial charge in [-0.15, -0.1) is 0 Å². The molecule has 2 aromatic rings. The highest BCUT2D eigenvalue weighted by atomic mass is 16.5. The van der Waals surface area contributed by atoms with Crippen LogP contribution in [0.15, 0.2) is 42.9 Å². The summed E-state index contributed by atoms with van der Waals surface area (Å²) in [7, 11) is 1.45. The Hall–Kier alpha value is -2.96. The first-order valence-corrected chi connectivity index (χ1v) is 6.88. The predicted molar refractivity (Wildman–Crippen MR) is 82.4 cm³/mol. The van der Waals surface area contributed by atoms with E-state index in [4.69, 9.17) is 4.74 Å². The normalized spacial score (nSPS) is 10.9. The van der Waals surface area contributed by atoms with E-state index < -0.39 is 17.4 Å². The van der Waals surface area contributed by atoms with E-state index in [-0.39, 0.29) is 0 Å². The summed E-state index contributed by atoms with van der Waals surface area (Å²) in [6, 6.07) is 6.46. The average molecular weight is 315 g/mol. The Morgan fingerprint density at radius 1 is 1.26 bits per heavy atom. The van der Waals surface area contributed by atoms with Crippen LogP contribution in [-0.4, -0.2) is 44.4 Å². The smallest absolute Gasteiger partial charge is 0.329 e. The summed E-state index contributed by atoms with van der Waals surface area (Å²) in [5.41, 5.74) is -0.998. The van der Waals surface area contributed by atoms with E-state index in [2.05, 4.69) is 9.97 Å². The third-order valence-corrected chi connectivity index (χ3v) is 3.51. The molecule has 0 spiro atoms. The molecule has 0 aliphatic carbocycles. The third-order valence-electron chi connectivity index (χ3n) is 3.51. The second-order valence-electron chi connectivity index (χ2n) is 5.40. The lowest BCUT2D eigenvalue weighted by Crippen LogP contribution is -2.50. The van der Waals surface area contributed by atoms with Crippen LogP contribution in [0.4, 0.5) is 0 Å². The van der Waals surface area contributed by atoms with E-state index >= 15 is 0 Å². The summed E-state index contributed by atoms with van der Waals surface area (Å²) >= 11 is 0. The summed E-state index contributed by atoms with van der Waals surface area (Å²) in [4.78, 5) is 32.8. The zero-order valence-corrected chi connectivity index (χ0v) is 13.1. The van der Waals surface area contributed by atoms with Gasteiger partial charge >= 0.3 is 5.97 Å². The van der Waals surface area contributed by atoms with E-state index in [1.807, 2.05) is 0 Å². The van der Waals surface area contributed by atoms with Crippen LogP contribution in [0.25, 0.3) is 0 Å². The van der Waals surface area contributed by atoms with Crippen LogP contribution in [0.2, 0.25) is 0 Å². The van der Waals surface area contributed by atoms with Crippen molar-refractivity contribution in [2.45, 2.75) is 19.4 Å². The van der Waals surface area contributed by atoms with Crippen molar-refractivity contribution in [2.24, 2.45) is 0 Å². The van der Waals surface area contributed by atoms with Gasteiger partial charge in [0.15, 0.2) is 0 Å². The molecule has 1 aromatic carbocycles. The molecule has 0 saturated heterocycles. The molecular formula is C16H17N3O4. The van der Waals surface area contributed by atoms with Gasteiger partial charge in [-0.2, -0.15) is 0 Å². The Balaban J connectivity index is 2.22. The van der Waals surface area contributed by atoms with Gasteiger partial charge in [0.1, 0.15) is 11.3 Å². The van der Waals surface area contributed by atoms with Gasteiger partial charge in [-0.3, -0.25) is 9.78 Å². The molecule has 0 saturated carbocycles. The van der Waals surface area contributed by atoms with Gasteiger partial charge in [0.05, 0.1) is 6.20 Å². The Labute approximate surface area is 133 Å². The molecule has 2 rings (SSSR count). The number of likely N-dealkylation sites (N-methyl/N-ethyl adjacent to an activating group) is 1. The summed E-state index contributed by atoms with van der Waals surface area (Å²) in [6.45, 7) is 2.93. The van der Waals surface area contributed by atoms with Crippen molar-refractivity contribution in [1.29, 1.82) is 0 Å². The maximum Gasteiger partial charge on any atom is 0.329 e. The van der Waals surface area contributed by atoms with Crippen LogP contribution in [-0.2, 0) is 4.79 Å². The lowest BCUT2D eigenvalue weighted by molar-refractivity contribution is -0.147. The van der Waals surface area contributed by atoms with Crippen LogP contribution in [0.3, 0.4) is 0 Å². The van der Waals surface area contributed by atoms with Crippen molar-refractivity contribution in [3.8, 4) is 11.6 Å². The lowest BCUT2D eigenvalue weighted by Gasteiger charge is -2.31. The number of aromatic nitrogens is 2. The van der Waals surface area contributed by atoms with Crippen molar-refractivity contribution >= 4 is 11.9 Å². The minimum atomic E-state index is -1.32. The number of carbonyl (C=O) groups excluding carboxylic acids is 1. The first-order chi connectivity index (χ1) is 10.8. The minimum Gasteiger partial charge on any atom is -0.480 e. The molecule has 1 amide bonds. The molecule has 0 atom stereocenters. The van der Waals surface area contributed by atoms with E-state index in [1.54, 1.807) is 18.2 Å². The first kappa shape index (κ1) is 16.4. The second kappa shape index (κ2) is 6.43. The standard InChI is InChI=1S/C16H17N3O4/c1-16(2,15(21)22)19(3)14(20)11-5-4-6-12(9-11)23-13-10-17-7-8-18-13/h4-10H,1-3H3,(H,21,22). The maximum absolute atomic E-state index is 12.5. The van der Waals surface area contributed by atoms with Gasteiger partial charge in [-0.1, -0.05) is 6.07 Å². The number of amides is 1. The topological polar surface area (TPSA) is 92.6 Å². The fraction of sp³-hybridized carbons (Fsp3) is 0.250. The highest BCUT2D eigenvalue weighted by Crippen LogP contribution is 2.22. The fourth-order valence-corrected chi connectivity index (χ4v) is 1.74. The maximum atomic E-state index is 12.5. The number of aliphatic carboxylic acids is 1. The predicted octanol–water partition coefficient (Wildman–Crippen LogP) is 2.20. The summed E-state index contributed by atoms with van der Waals surface area (Å²) in [5, 5.41) is 9.22. The van der Waals surface area contributed by atoms with E-state index in [1.165, 1.54) is 50.5 Å². The number of hydrogen-bond acceptors (Lipinski definition) is 5. The quantitative estimate of drug-likeness (QED) is 0.909. The van der Waals surface area contributed by atoms with Gasteiger partial charge < -0.3 is 14.7 Å². The number of ether oxygens (including phenoxy) is 1. The monoisotopic (exact) mass is 315 g/mol. The molecule has 0 bridgehead atoms. The van der Waals surface area contributed by atoms with E-state index in [9.17, 15) is 14.7 Å². The Morgan fingerprint density at radius 2 is 2.00 bits per heavy atom. The van der Waals surface area contributed by atoms with Gasteiger partial charge in [-0.25, -0.2) is 9.78 Å². The summed E-state index contributed by atoms with van der Waals surface area (Å²) in [5.74, 6) is -0.781. The number of carbonyl (C=O) groups is 2. The SMILES string of the molecule is CN(C(=O)c1cccc(Oc2cnccn2)c1)C(C)(C)C(=O)O. The molecule has 0 unspecified atom stereocenters. The van der Waals surface area contributed by atoms with Gasteiger partial charge in [0.25, 0.3) is 5.91 Å². The molecule has 23 heavy (non-hydrogen) atoms. The highest BCUT2D eigenvalue weighted by Gasteiger charge is 2.35. The Bertz CT molecular complexity index is 716. The Kier molecular flexibility index (Phi) is 4.59. The summed E-state index contributed by atoms with van der Waals surface area (Å²) in [6.07, 6.45) is 4.47. The van der Waals surface area contributed by atoms with Crippen molar-refractivity contribution in [2.75, 3.05) is 7.05 Å². The number of hydrogen-bond donors (Lipinski definition) is 1. The van der Waals surface area contributed by atoms with E-state index in [0.717, 1.165) is 0 Å². The fourth-order valence-electron chi connectivity index (χ4n) is 1.74. The highest BCUT2D eigenvalue weighted by molar-refractivity contribution is 5.97. The molecule has 1 aromatic heterocycles. The molecule has 0 radical (unpaired) electrons. The number of rotatable bonds is 5. The van der Waals surface area contributed by atoms with Crippen molar-refractivity contribution in [3.63, 3.8) is 0 Å². The molecule has 7 nitrogen and oxygen atoms in total. The second-order valence-corrected chi connectivity index (χ2v) is 5.40. The van der Waals surface area contributed by atoms with Crippen molar-refractivity contribution in [3.05, 3.63) is 48.4 Å². The molecule has 1 heterocycles. The number of carboxylic acids is 1. The van der Waals surface area contributed by atoms with Gasteiger partial charge in [-0.05, 0) is 32.0 Å². The minimum absolute atomic E-state index is 0.302. The number of nitrogens with zero attached hydrogens (tertiary/aromatic N) is 3. The molecule has 0 aliphatic heterocycles. The van der Waals surface area contributed by atoms with Gasteiger partial charge in [0, 0.05) is 25.0 Å². The van der Waals surface area contributed by atoms with Crippen LogP contribution in [0.5, 0.6) is 11.6 Å². The molecular weight excluding hydrogens is 298 g/mol. The Morgan fingerprint density at radius 3 is 2.61 bits per heavy atom. The molecule has 7 heteroatoms. The molecule has 0 fully saturated rings. The number of carboxylic acid groups (broad SMARTS) is 1. The van der Waals surface area contributed by atoms with Crippen LogP contribution in [0.1, 0.15) is 24.2 Å². The van der Waals surface area contributed by atoms with Crippen molar-refractivity contribution in [1.82, 2.24) is 14.9 Å². The number of benzene rings is 1. The third kappa shape index (κ3) is 3.63. The first-order valence-electron chi connectivity index (χ1n) is 6.88. The summed E-state index contributed by atoms with van der Waals surface area (Å²) < 4.78 is 5.52. The van der Waals surface area contributed by atoms with Crippen LogP contribution in [0, 0.1) is 0 Å². The van der Waals surface area contributed by atoms with Crippen LogP contribution < -0.4 is 4.74 Å². The van der Waals surface area contributed by atoms with E-state index in [0.29, 0.717) is 17.2 Å². The average Bonchev–Trinajstić information content (AvgIpc) is 2.54. The zero-order valence-electron chi connectivity index (χ0n) is 13.1. The lowest BCUT2D eigenvalue weighted by atomic mass is 10.0. The molecule has 120 valence electrons. The molecule has 0 aliphatic rings. The largest absolute Gasteiger partial charge is 0.480 e. The molecule has 1 N–H and O–H groups in total. The van der Waals surface area contributed by atoms with Crippen LogP contribution >= 0.6 is 0 Å². The zero-order chi connectivity index (χ0) is 17.0. The van der Waals surface area contributed by atoms with Crippen molar-refractivity contribution < 1.29 is 19.4 Å². The van der Waals surface area contributed by atoms with Gasteiger partial charge in [0.2, 0.25) is 5.88 Å².